The molecule has 108 valence electrons. The average molecular weight is 265 g/mol. The van der Waals surface area contributed by atoms with Gasteiger partial charge in [-0.2, -0.15) is 0 Å². The summed E-state index contributed by atoms with van der Waals surface area (Å²) in [5.74, 6) is 1.49. The normalized spacial score (nSPS) is 12.8. The van der Waals surface area contributed by atoms with Gasteiger partial charge in [0.1, 0.15) is 18.5 Å². The van der Waals surface area contributed by atoms with E-state index in [1.54, 1.807) is 0 Å². The third kappa shape index (κ3) is 5.62. The number of aliphatic hydroxyl groups is 1. The second kappa shape index (κ2) is 7.51. The lowest BCUT2D eigenvalue weighted by molar-refractivity contribution is 0.105. The summed E-state index contributed by atoms with van der Waals surface area (Å²) in [5.41, 5.74) is 3.49. The molecule has 0 radical (unpaired) electrons. The molecule has 3 nitrogen and oxygen atoms in total. The van der Waals surface area contributed by atoms with Gasteiger partial charge in [-0.3, -0.25) is 0 Å². The van der Waals surface area contributed by atoms with Gasteiger partial charge in [0.25, 0.3) is 0 Å². The first kappa shape index (κ1) is 16.0. The standard InChI is InChI=1S/C16H27NO2/c1-11(2)8-17-9-15(18)10-19-16-13(4)6-12(3)7-14(16)5/h6-7,11,15,17-18H,8-10H2,1-5H3. The van der Waals surface area contributed by atoms with E-state index in [-0.39, 0.29) is 0 Å². The van der Waals surface area contributed by atoms with Gasteiger partial charge in [-0.05, 0) is 44.4 Å². The van der Waals surface area contributed by atoms with Crippen molar-refractivity contribution in [3.63, 3.8) is 0 Å². The molecule has 0 saturated heterocycles. The van der Waals surface area contributed by atoms with Crippen molar-refractivity contribution in [2.45, 2.75) is 40.7 Å². The number of ether oxygens (including phenoxy) is 1. The molecule has 0 amide bonds. The second-order valence-electron chi connectivity index (χ2n) is 5.74. The maximum absolute atomic E-state index is 9.87. The number of hydrogen-bond donors (Lipinski definition) is 2. The lowest BCUT2D eigenvalue weighted by Gasteiger charge is -2.17. The van der Waals surface area contributed by atoms with Crippen LogP contribution in [0.4, 0.5) is 0 Å². The summed E-state index contributed by atoms with van der Waals surface area (Å²) in [6.45, 7) is 12.3. The van der Waals surface area contributed by atoms with E-state index in [2.05, 4.69) is 38.2 Å². The Morgan fingerprint density at radius 1 is 1.11 bits per heavy atom. The van der Waals surface area contributed by atoms with Crippen molar-refractivity contribution in [1.82, 2.24) is 5.32 Å². The number of aryl methyl sites for hydroxylation is 3. The van der Waals surface area contributed by atoms with E-state index >= 15 is 0 Å². The van der Waals surface area contributed by atoms with Crippen LogP contribution in [0.25, 0.3) is 0 Å². The molecule has 0 fully saturated rings. The molecule has 0 heterocycles. The van der Waals surface area contributed by atoms with Gasteiger partial charge in [-0.1, -0.05) is 31.5 Å². The minimum Gasteiger partial charge on any atom is -0.490 e. The molecule has 3 heteroatoms. The van der Waals surface area contributed by atoms with E-state index in [9.17, 15) is 5.11 Å². The number of rotatable bonds is 7. The smallest absolute Gasteiger partial charge is 0.125 e. The highest BCUT2D eigenvalue weighted by atomic mass is 16.5. The topological polar surface area (TPSA) is 41.5 Å². The van der Waals surface area contributed by atoms with Crippen LogP contribution in [0, 0.1) is 26.7 Å². The van der Waals surface area contributed by atoms with Gasteiger partial charge in [0.2, 0.25) is 0 Å². The Bertz CT molecular complexity index is 379. The summed E-state index contributed by atoms with van der Waals surface area (Å²) in [7, 11) is 0. The van der Waals surface area contributed by atoms with Crippen molar-refractivity contribution in [3.05, 3.63) is 28.8 Å². The fourth-order valence-corrected chi connectivity index (χ4v) is 2.17. The molecule has 1 unspecified atom stereocenters. The van der Waals surface area contributed by atoms with Crippen molar-refractivity contribution < 1.29 is 9.84 Å². The Morgan fingerprint density at radius 3 is 2.21 bits per heavy atom. The summed E-state index contributed by atoms with van der Waals surface area (Å²) in [6.07, 6.45) is -0.473. The van der Waals surface area contributed by atoms with Crippen LogP contribution in [0.15, 0.2) is 12.1 Å². The molecule has 1 rings (SSSR count). The van der Waals surface area contributed by atoms with E-state index < -0.39 is 6.10 Å². The van der Waals surface area contributed by atoms with Crippen molar-refractivity contribution in [3.8, 4) is 5.75 Å². The zero-order valence-corrected chi connectivity index (χ0v) is 12.8. The Hall–Kier alpha value is -1.06. The summed E-state index contributed by atoms with van der Waals surface area (Å²) < 4.78 is 5.75. The maximum Gasteiger partial charge on any atom is 0.125 e. The molecule has 0 bridgehead atoms. The molecule has 0 spiro atoms. The average Bonchev–Trinajstić information content (AvgIpc) is 2.26. The quantitative estimate of drug-likeness (QED) is 0.796. The number of nitrogens with one attached hydrogen (secondary N) is 1. The van der Waals surface area contributed by atoms with Crippen molar-refractivity contribution >= 4 is 0 Å². The molecule has 0 aromatic heterocycles. The molecular weight excluding hydrogens is 238 g/mol. The van der Waals surface area contributed by atoms with Gasteiger partial charge in [-0.25, -0.2) is 0 Å². The molecule has 1 aromatic rings. The SMILES string of the molecule is Cc1cc(C)c(OCC(O)CNCC(C)C)c(C)c1. The zero-order chi connectivity index (χ0) is 14.4. The van der Waals surface area contributed by atoms with Crippen molar-refractivity contribution in [2.24, 2.45) is 5.92 Å². The lowest BCUT2D eigenvalue weighted by Crippen LogP contribution is -2.33. The molecule has 1 atom stereocenters. The van der Waals surface area contributed by atoms with Gasteiger partial charge in [0, 0.05) is 6.54 Å². The van der Waals surface area contributed by atoms with Crippen LogP contribution in [0.5, 0.6) is 5.75 Å². The maximum atomic E-state index is 9.87. The highest BCUT2D eigenvalue weighted by Gasteiger charge is 2.09. The van der Waals surface area contributed by atoms with Crippen LogP contribution in [0.3, 0.4) is 0 Å². The molecule has 0 aliphatic carbocycles. The first-order chi connectivity index (χ1) is 8.90. The van der Waals surface area contributed by atoms with E-state index in [0.29, 0.717) is 19.1 Å². The van der Waals surface area contributed by atoms with Crippen molar-refractivity contribution in [2.75, 3.05) is 19.7 Å². The van der Waals surface area contributed by atoms with E-state index in [1.165, 1.54) is 5.56 Å². The third-order valence-electron chi connectivity index (χ3n) is 2.96. The summed E-state index contributed by atoms with van der Waals surface area (Å²) >= 11 is 0. The Kier molecular flexibility index (Phi) is 6.32. The fraction of sp³-hybridized carbons (Fsp3) is 0.625. The summed E-state index contributed by atoms with van der Waals surface area (Å²) in [5, 5.41) is 13.1. The third-order valence-corrected chi connectivity index (χ3v) is 2.96. The Labute approximate surface area is 117 Å². The fourth-order valence-electron chi connectivity index (χ4n) is 2.17. The van der Waals surface area contributed by atoms with E-state index in [0.717, 1.165) is 23.4 Å². The minimum atomic E-state index is -0.473. The molecule has 19 heavy (non-hydrogen) atoms. The van der Waals surface area contributed by atoms with Gasteiger partial charge in [-0.15, -0.1) is 0 Å². The van der Waals surface area contributed by atoms with E-state index in [1.807, 2.05) is 13.8 Å². The highest BCUT2D eigenvalue weighted by Crippen LogP contribution is 2.24. The minimum absolute atomic E-state index is 0.329. The number of aliphatic hydroxyl groups excluding tert-OH is 1. The van der Waals surface area contributed by atoms with Crippen molar-refractivity contribution in [1.29, 1.82) is 0 Å². The van der Waals surface area contributed by atoms with Gasteiger partial charge < -0.3 is 15.2 Å². The van der Waals surface area contributed by atoms with E-state index in [4.69, 9.17) is 4.74 Å². The van der Waals surface area contributed by atoms with Crippen LogP contribution in [0.2, 0.25) is 0 Å². The molecule has 1 aromatic carbocycles. The molecule has 0 aliphatic heterocycles. The predicted molar refractivity (Wildman–Crippen MR) is 79.9 cm³/mol. The Morgan fingerprint density at radius 2 is 1.68 bits per heavy atom. The predicted octanol–water partition coefficient (Wildman–Crippen LogP) is 2.60. The molecular formula is C16H27NO2. The first-order valence-corrected chi connectivity index (χ1v) is 6.99. The van der Waals surface area contributed by atoms with Crippen LogP contribution >= 0.6 is 0 Å². The molecule has 0 aliphatic rings. The van der Waals surface area contributed by atoms with Gasteiger partial charge in [0.05, 0.1) is 0 Å². The largest absolute Gasteiger partial charge is 0.490 e. The Balaban J connectivity index is 2.44. The van der Waals surface area contributed by atoms with Crippen LogP contribution in [-0.2, 0) is 0 Å². The summed E-state index contributed by atoms with van der Waals surface area (Å²) in [4.78, 5) is 0. The number of benzene rings is 1. The van der Waals surface area contributed by atoms with Crippen LogP contribution < -0.4 is 10.1 Å². The molecule has 0 saturated carbocycles. The second-order valence-corrected chi connectivity index (χ2v) is 5.74. The zero-order valence-electron chi connectivity index (χ0n) is 12.8. The summed E-state index contributed by atoms with van der Waals surface area (Å²) in [6, 6.07) is 4.21. The highest BCUT2D eigenvalue weighted by molar-refractivity contribution is 5.42. The van der Waals surface area contributed by atoms with Gasteiger partial charge >= 0.3 is 0 Å². The monoisotopic (exact) mass is 265 g/mol. The molecule has 2 N–H and O–H groups in total. The van der Waals surface area contributed by atoms with Crippen LogP contribution in [-0.4, -0.2) is 30.9 Å². The van der Waals surface area contributed by atoms with Gasteiger partial charge in [0.15, 0.2) is 0 Å². The first-order valence-electron chi connectivity index (χ1n) is 6.99. The number of hydrogen-bond acceptors (Lipinski definition) is 3. The van der Waals surface area contributed by atoms with Crippen LogP contribution in [0.1, 0.15) is 30.5 Å². The lowest BCUT2D eigenvalue weighted by atomic mass is 10.1.